The van der Waals surface area contributed by atoms with E-state index < -0.39 is 0 Å². The van der Waals surface area contributed by atoms with Gasteiger partial charge in [-0.2, -0.15) is 53.6 Å². The van der Waals surface area contributed by atoms with Crippen molar-refractivity contribution in [1.29, 1.82) is 0 Å². The van der Waals surface area contributed by atoms with Crippen LogP contribution in [0.4, 0.5) is 0 Å². The standard InChI is InChI=1S/C57H51O4.C12H17.Y/c1-9-28-61-52-27-19-41-33-42(20-23-46(41)56(52)55-43-13-11-10-12-37(43)17-25-51(55)60-8)57(5,6)48-31-35(3)47(30-36(48)4)40-15-22-45-39(32-40)18-26-50(59-7)54(45)53-44-21-14-34(2)29-38(44)16-24-49(53)58;1-9-6-7-10(2)11(8-9)12(3,4)5;/h11-27,29-33,58H,9,28H2,1-8H3;7-8H,1-5H3;/q2*-1;. The van der Waals surface area contributed by atoms with Crippen LogP contribution in [-0.4, -0.2) is 25.9 Å². The van der Waals surface area contributed by atoms with Gasteiger partial charge in [0.2, 0.25) is 0 Å². The van der Waals surface area contributed by atoms with Crippen molar-refractivity contribution in [2.24, 2.45) is 0 Å². The van der Waals surface area contributed by atoms with Gasteiger partial charge in [0.15, 0.2) is 0 Å². The van der Waals surface area contributed by atoms with Gasteiger partial charge in [0.05, 0.1) is 20.8 Å². The summed E-state index contributed by atoms with van der Waals surface area (Å²) in [5, 5.41) is 20.0. The van der Waals surface area contributed by atoms with Crippen molar-refractivity contribution in [3.05, 3.63) is 202 Å². The summed E-state index contributed by atoms with van der Waals surface area (Å²) in [6.07, 6.45) is 0.915. The van der Waals surface area contributed by atoms with Crippen LogP contribution in [0.5, 0.6) is 23.0 Å². The number of aryl methyl sites for hydroxylation is 5. The Balaban J connectivity index is 0.000000495. The molecule has 1 radical (unpaired) electrons. The van der Waals surface area contributed by atoms with Crippen LogP contribution in [0.15, 0.2) is 146 Å². The monoisotopic (exact) mass is 1050 g/mol. The van der Waals surface area contributed by atoms with Crippen molar-refractivity contribution in [3.8, 4) is 56.4 Å². The molecule has 0 heterocycles. The molecule has 0 fully saturated rings. The van der Waals surface area contributed by atoms with Gasteiger partial charge in [-0.05, 0) is 129 Å². The minimum absolute atomic E-state index is 0. The van der Waals surface area contributed by atoms with Gasteiger partial charge in [-0.15, -0.1) is 22.4 Å². The van der Waals surface area contributed by atoms with E-state index in [1.54, 1.807) is 20.3 Å². The normalized spacial score (nSPS) is 11.6. The van der Waals surface area contributed by atoms with Crippen molar-refractivity contribution in [3.63, 3.8) is 0 Å². The van der Waals surface area contributed by atoms with Gasteiger partial charge >= 0.3 is 0 Å². The Morgan fingerprint density at radius 3 is 1.77 bits per heavy atom. The Kier molecular flexibility index (Phi) is 15.8. The zero-order valence-corrected chi connectivity index (χ0v) is 48.4. The Morgan fingerprint density at radius 1 is 0.514 bits per heavy atom. The molecule has 0 bridgehead atoms. The second-order valence-electron chi connectivity index (χ2n) is 21.3. The molecular formula is C69H68O4Y-2. The van der Waals surface area contributed by atoms with Crippen molar-refractivity contribution in [1.82, 2.24) is 0 Å². The molecule has 0 atom stereocenters. The van der Waals surface area contributed by atoms with Crippen molar-refractivity contribution < 1.29 is 52.0 Å². The summed E-state index contributed by atoms with van der Waals surface area (Å²) in [6.45, 7) is 24.9. The van der Waals surface area contributed by atoms with Crippen molar-refractivity contribution in [2.45, 2.75) is 93.4 Å². The average molecular weight is 1050 g/mol. The molecule has 10 aromatic rings. The van der Waals surface area contributed by atoms with Crippen LogP contribution < -0.4 is 14.2 Å². The minimum Gasteiger partial charge on any atom is -0.507 e. The molecule has 0 aliphatic rings. The zero-order valence-electron chi connectivity index (χ0n) is 45.5. The fourth-order valence-corrected chi connectivity index (χ4v) is 10.9. The summed E-state index contributed by atoms with van der Waals surface area (Å²) >= 11 is 0. The molecular weight excluding hydrogens is 982 g/mol. The number of aromatic hydroxyl groups is 1. The third kappa shape index (κ3) is 10.3. The molecule has 5 heteroatoms. The molecule has 74 heavy (non-hydrogen) atoms. The van der Waals surface area contributed by atoms with Crippen LogP contribution in [0, 0.1) is 46.8 Å². The van der Waals surface area contributed by atoms with Crippen molar-refractivity contribution >= 4 is 43.1 Å². The second kappa shape index (κ2) is 21.8. The van der Waals surface area contributed by atoms with E-state index in [9.17, 15) is 5.11 Å². The maximum absolute atomic E-state index is 11.3. The maximum atomic E-state index is 11.3. The summed E-state index contributed by atoms with van der Waals surface area (Å²) in [5.41, 5.74) is 16.2. The van der Waals surface area contributed by atoms with Crippen LogP contribution in [-0.2, 0) is 43.5 Å². The zero-order chi connectivity index (χ0) is 51.9. The van der Waals surface area contributed by atoms with Gasteiger partial charge in [0, 0.05) is 60.4 Å². The molecule has 0 amide bonds. The van der Waals surface area contributed by atoms with E-state index in [0.717, 1.165) is 94.6 Å². The molecule has 4 nitrogen and oxygen atoms in total. The number of phenols is 1. The molecule has 1 N–H and O–H groups in total. The van der Waals surface area contributed by atoms with E-state index in [1.807, 2.05) is 30.3 Å². The summed E-state index contributed by atoms with van der Waals surface area (Å²) in [5.74, 6) is 2.63. The van der Waals surface area contributed by atoms with E-state index in [-0.39, 0.29) is 49.3 Å². The summed E-state index contributed by atoms with van der Waals surface area (Å²) in [7, 11) is 3.43. The molecule has 373 valence electrons. The maximum Gasteiger partial charge on any atom is 0.127 e. The minimum atomic E-state index is -0.292. The smallest absolute Gasteiger partial charge is 0.127 e. The number of ether oxygens (including phenoxy) is 3. The third-order valence-electron chi connectivity index (χ3n) is 14.7. The third-order valence-corrected chi connectivity index (χ3v) is 14.7. The van der Waals surface area contributed by atoms with E-state index in [2.05, 4.69) is 197 Å². The average Bonchev–Trinajstić information content (AvgIpc) is 3.38. The van der Waals surface area contributed by atoms with Gasteiger partial charge in [-0.3, -0.25) is 0 Å². The van der Waals surface area contributed by atoms with Gasteiger partial charge in [-0.25, -0.2) is 0 Å². The van der Waals surface area contributed by atoms with Gasteiger partial charge < -0.3 is 19.3 Å². The second-order valence-corrected chi connectivity index (χ2v) is 21.3. The topological polar surface area (TPSA) is 47.9 Å². The van der Waals surface area contributed by atoms with Gasteiger partial charge in [-0.1, -0.05) is 140 Å². The first kappa shape index (κ1) is 53.8. The predicted molar refractivity (Wildman–Crippen MR) is 308 cm³/mol. The van der Waals surface area contributed by atoms with E-state index in [4.69, 9.17) is 14.2 Å². The molecule has 0 aliphatic heterocycles. The summed E-state index contributed by atoms with van der Waals surface area (Å²) < 4.78 is 18.4. The Morgan fingerprint density at radius 2 is 1.09 bits per heavy atom. The molecule has 0 aromatic heterocycles. The largest absolute Gasteiger partial charge is 0.507 e. The van der Waals surface area contributed by atoms with Gasteiger partial charge in [0.25, 0.3) is 0 Å². The number of phenolic OH excluding ortho intramolecular Hbond substituents is 1. The molecule has 0 aliphatic carbocycles. The number of hydrogen-bond acceptors (Lipinski definition) is 4. The van der Waals surface area contributed by atoms with E-state index in [1.165, 1.54) is 50.1 Å². The summed E-state index contributed by atoms with van der Waals surface area (Å²) in [6, 6.07) is 57.8. The quantitative estimate of drug-likeness (QED) is 0.139. The molecule has 0 unspecified atom stereocenters. The SMILES string of the molecule is CCCOc1ccc2cc(C(C)(C)c3cc(C)c(-c4ccc5c(-c6c(O)ccc7cc(C)ccc67)c(OC)ccc5c4)cc3C)ccc2c1-c1c(OC)ccc2c[c-]ccc12.Cc1[c-]cc(C)c(C(C)(C)C)c1.[Y]. The molecule has 10 rings (SSSR count). The number of rotatable bonds is 10. The van der Waals surface area contributed by atoms with Crippen LogP contribution in [0.2, 0.25) is 0 Å². The molecule has 0 saturated carbocycles. The number of fused-ring (bicyclic) bond motifs is 4. The number of benzene rings is 10. The first-order chi connectivity index (χ1) is 34.9. The van der Waals surface area contributed by atoms with E-state index >= 15 is 0 Å². The number of hydrogen-bond donors (Lipinski definition) is 1. The molecule has 0 spiro atoms. The van der Waals surface area contributed by atoms with Crippen LogP contribution >= 0.6 is 0 Å². The fourth-order valence-electron chi connectivity index (χ4n) is 10.9. The van der Waals surface area contributed by atoms with Crippen molar-refractivity contribution in [2.75, 3.05) is 20.8 Å². The first-order valence-corrected chi connectivity index (χ1v) is 25.6. The Hall–Kier alpha value is -6.46. The van der Waals surface area contributed by atoms with E-state index in [0.29, 0.717) is 6.61 Å². The Labute approximate surface area is 464 Å². The first-order valence-electron chi connectivity index (χ1n) is 25.6. The number of methoxy groups -OCH3 is 2. The van der Waals surface area contributed by atoms with Crippen LogP contribution in [0.25, 0.3) is 76.5 Å². The predicted octanol–water partition coefficient (Wildman–Crippen LogP) is 18.3. The van der Waals surface area contributed by atoms with Gasteiger partial charge in [0.1, 0.15) is 23.0 Å². The molecule has 10 aromatic carbocycles. The Bertz CT molecular complexity index is 3720. The fraction of sp³-hybridized carbons (Fsp3) is 0.246. The summed E-state index contributed by atoms with van der Waals surface area (Å²) in [4.78, 5) is 0. The van der Waals surface area contributed by atoms with Crippen LogP contribution in [0.1, 0.15) is 92.5 Å². The van der Waals surface area contributed by atoms with Crippen LogP contribution in [0.3, 0.4) is 0 Å². The molecule has 0 saturated heterocycles.